The van der Waals surface area contributed by atoms with Gasteiger partial charge in [0.05, 0.1) is 13.7 Å². The van der Waals surface area contributed by atoms with Crippen molar-refractivity contribution < 1.29 is 28.2 Å². The molecule has 1 N–H and O–H groups in total. The molecule has 0 saturated carbocycles. The van der Waals surface area contributed by atoms with Gasteiger partial charge in [-0.2, -0.15) is 0 Å². The van der Waals surface area contributed by atoms with Gasteiger partial charge in [0.2, 0.25) is 0 Å². The fraction of sp³-hybridized carbons (Fsp3) is 0.391. The largest absolute Gasteiger partial charge is 0.467 e. The third-order valence-electron chi connectivity index (χ3n) is 4.39. The second kappa shape index (κ2) is 9.71. The Balaban J connectivity index is 2.45. The van der Waals surface area contributed by atoms with Crippen LogP contribution in [0.4, 0.5) is 9.18 Å². The van der Waals surface area contributed by atoms with Crippen molar-refractivity contribution in [2.45, 2.75) is 51.5 Å². The number of hydrogen-bond donors (Lipinski definition) is 1. The molecule has 0 heterocycles. The molecule has 0 aliphatic carbocycles. The van der Waals surface area contributed by atoms with Gasteiger partial charge in [0.1, 0.15) is 17.0 Å². The lowest BCUT2D eigenvalue weighted by Gasteiger charge is -2.37. The molecule has 7 heteroatoms. The number of halogens is 1. The molecule has 0 radical (unpaired) electrons. The number of ether oxygens (including phenoxy) is 3. The minimum absolute atomic E-state index is 0.0562. The van der Waals surface area contributed by atoms with Crippen LogP contribution in [0.3, 0.4) is 0 Å². The van der Waals surface area contributed by atoms with Crippen LogP contribution in [0.5, 0.6) is 0 Å². The summed E-state index contributed by atoms with van der Waals surface area (Å²) >= 11 is 0. The quantitative estimate of drug-likeness (QED) is 0.679. The molecule has 0 aliphatic rings. The van der Waals surface area contributed by atoms with Crippen LogP contribution in [0.25, 0.3) is 0 Å². The monoisotopic (exact) mass is 417 g/mol. The minimum Gasteiger partial charge on any atom is -0.467 e. The molecule has 6 nitrogen and oxygen atoms in total. The number of alkyl carbamates (subject to hydrolysis) is 1. The van der Waals surface area contributed by atoms with E-state index < -0.39 is 35.1 Å². The Kier molecular flexibility index (Phi) is 7.56. The average molecular weight is 417 g/mol. The summed E-state index contributed by atoms with van der Waals surface area (Å²) in [6.45, 7) is 6.67. The van der Waals surface area contributed by atoms with E-state index >= 15 is 0 Å². The Morgan fingerprint density at radius 3 is 2.17 bits per heavy atom. The number of methoxy groups -OCH3 is 1. The standard InChI is InChI=1S/C23H28FNO5/c1-22(2,3)30-21(27)25-23(4,17-13-9-10-14-18(17)24)19(20(26)28-5)29-15-16-11-7-6-8-12-16/h6-14,19H,15H2,1-5H3,(H,25,27). The second-order valence-electron chi connectivity index (χ2n) is 8.01. The number of hydrogen-bond acceptors (Lipinski definition) is 5. The number of carbonyl (C=O) groups is 2. The van der Waals surface area contributed by atoms with E-state index in [1.807, 2.05) is 30.3 Å². The van der Waals surface area contributed by atoms with Crippen LogP contribution in [0.2, 0.25) is 0 Å². The number of esters is 1. The summed E-state index contributed by atoms with van der Waals surface area (Å²) in [5, 5.41) is 2.63. The molecule has 0 aliphatic heterocycles. The third-order valence-corrected chi connectivity index (χ3v) is 4.39. The Labute approximate surface area is 176 Å². The lowest BCUT2D eigenvalue weighted by Crippen LogP contribution is -2.57. The molecule has 1 amide bonds. The van der Waals surface area contributed by atoms with Crippen molar-refractivity contribution >= 4 is 12.1 Å². The number of rotatable bonds is 7. The molecule has 2 aromatic carbocycles. The fourth-order valence-electron chi connectivity index (χ4n) is 3.00. The van der Waals surface area contributed by atoms with E-state index in [2.05, 4.69) is 5.32 Å². The van der Waals surface area contributed by atoms with Crippen LogP contribution < -0.4 is 5.32 Å². The van der Waals surface area contributed by atoms with Gasteiger partial charge in [0.15, 0.2) is 6.10 Å². The van der Waals surface area contributed by atoms with Gasteiger partial charge in [0.25, 0.3) is 0 Å². The second-order valence-corrected chi connectivity index (χ2v) is 8.01. The van der Waals surface area contributed by atoms with Gasteiger partial charge in [-0.15, -0.1) is 0 Å². The van der Waals surface area contributed by atoms with E-state index in [-0.39, 0.29) is 12.2 Å². The highest BCUT2D eigenvalue weighted by Gasteiger charge is 2.46. The van der Waals surface area contributed by atoms with Gasteiger partial charge in [0, 0.05) is 5.56 Å². The lowest BCUT2D eigenvalue weighted by atomic mass is 9.85. The van der Waals surface area contributed by atoms with Crippen LogP contribution in [0, 0.1) is 5.82 Å². The van der Waals surface area contributed by atoms with Gasteiger partial charge >= 0.3 is 12.1 Å². The molecular weight excluding hydrogens is 389 g/mol. The molecular formula is C23H28FNO5. The van der Waals surface area contributed by atoms with Gasteiger partial charge in [-0.1, -0.05) is 48.5 Å². The molecule has 0 bridgehead atoms. The van der Waals surface area contributed by atoms with E-state index in [9.17, 15) is 14.0 Å². The Hall–Kier alpha value is -2.93. The molecule has 0 fully saturated rings. The van der Waals surface area contributed by atoms with Crippen molar-refractivity contribution in [1.82, 2.24) is 5.32 Å². The van der Waals surface area contributed by atoms with Crippen LogP contribution in [0.15, 0.2) is 54.6 Å². The van der Waals surface area contributed by atoms with E-state index in [1.165, 1.54) is 32.2 Å². The van der Waals surface area contributed by atoms with Crippen molar-refractivity contribution in [2.75, 3.05) is 7.11 Å². The first kappa shape index (κ1) is 23.3. The van der Waals surface area contributed by atoms with Crippen molar-refractivity contribution in [2.24, 2.45) is 0 Å². The molecule has 0 spiro atoms. The predicted octanol–water partition coefficient (Wildman–Crippen LogP) is 4.32. The maximum Gasteiger partial charge on any atom is 0.408 e. The van der Waals surface area contributed by atoms with Crippen LogP contribution >= 0.6 is 0 Å². The topological polar surface area (TPSA) is 73.9 Å². The van der Waals surface area contributed by atoms with Gasteiger partial charge in [-0.3, -0.25) is 0 Å². The maximum absolute atomic E-state index is 14.8. The summed E-state index contributed by atoms with van der Waals surface area (Å²) in [6.07, 6.45) is -2.16. The SMILES string of the molecule is COC(=O)C(OCc1ccccc1)C(C)(NC(=O)OC(C)(C)C)c1ccccc1F. The zero-order valence-electron chi connectivity index (χ0n) is 17.9. The van der Waals surface area contributed by atoms with Crippen molar-refractivity contribution in [1.29, 1.82) is 0 Å². The summed E-state index contributed by atoms with van der Waals surface area (Å²) < 4.78 is 30.9. The first-order chi connectivity index (χ1) is 14.1. The molecule has 2 unspecified atom stereocenters. The predicted molar refractivity (Wildman–Crippen MR) is 110 cm³/mol. The summed E-state index contributed by atoms with van der Waals surface area (Å²) in [6, 6.07) is 15.0. The Morgan fingerprint density at radius 2 is 1.60 bits per heavy atom. The van der Waals surface area contributed by atoms with Gasteiger partial charge in [-0.25, -0.2) is 14.0 Å². The number of nitrogens with one attached hydrogen (secondary N) is 1. The number of benzene rings is 2. The average Bonchev–Trinajstić information content (AvgIpc) is 2.67. The maximum atomic E-state index is 14.8. The lowest BCUT2D eigenvalue weighted by molar-refractivity contribution is -0.161. The molecule has 30 heavy (non-hydrogen) atoms. The highest BCUT2D eigenvalue weighted by Crippen LogP contribution is 2.31. The molecule has 0 aromatic heterocycles. The molecule has 2 rings (SSSR count). The van der Waals surface area contributed by atoms with E-state index in [0.29, 0.717) is 0 Å². The fourth-order valence-corrected chi connectivity index (χ4v) is 3.00. The van der Waals surface area contributed by atoms with E-state index in [4.69, 9.17) is 14.2 Å². The first-order valence-electron chi connectivity index (χ1n) is 9.56. The van der Waals surface area contributed by atoms with Crippen molar-refractivity contribution in [3.63, 3.8) is 0 Å². The van der Waals surface area contributed by atoms with Crippen molar-refractivity contribution in [3.05, 3.63) is 71.5 Å². The smallest absolute Gasteiger partial charge is 0.408 e. The van der Waals surface area contributed by atoms with Gasteiger partial charge in [-0.05, 0) is 39.3 Å². The number of carbonyl (C=O) groups excluding carboxylic acids is 2. The highest BCUT2D eigenvalue weighted by molar-refractivity contribution is 5.79. The van der Waals surface area contributed by atoms with Crippen LogP contribution in [-0.2, 0) is 31.2 Å². The van der Waals surface area contributed by atoms with Crippen LogP contribution in [0.1, 0.15) is 38.8 Å². The van der Waals surface area contributed by atoms with E-state index in [0.717, 1.165) is 5.56 Å². The molecule has 2 aromatic rings. The number of amides is 1. The summed E-state index contributed by atoms with van der Waals surface area (Å²) in [5.41, 5.74) is -1.51. The summed E-state index contributed by atoms with van der Waals surface area (Å²) in [7, 11) is 1.20. The summed E-state index contributed by atoms with van der Waals surface area (Å²) in [5.74, 6) is -1.36. The normalized spacial score (nSPS) is 14.3. The first-order valence-corrected chi connectivity index (χ1v) is 9.56. The van der Waals surface area contributed by atoms with E-state index in [1.54, 1.807) is 26.8 Å². The minimum atomic E-state index is -1.60. The van der Waals surface area contributed by atoms with Crippen LogP contribution in [-0.4, -0.2) is 30.9 Å². The third kappa shape index (κ3) is 6.03. The zero-order chi connectivity index (χ0) is 22.4. The van der Waals surface area contributed by atoms with Gasteiger partial charge < -0.3 is 19.5 Å². The molecule has 0 saturated heterocycles. The zero-order valence-corrected chi connectivity index (χ0v) is 17.9. The molecule has 162 valence electrons. The summed E-state index contributed by atoms with van der Waals surface area (Å²) in [4.78, 5) is 25.3. The van der Waals surface area contributed by atoms with Crippen molar-refractivity contribution in [3.8, 4) is 0 Å². The molecule has 2 atom stereocenters. The highest BCUT2D eigenvalue weighted by atomic mass is 19.1. The Bertz CT molecular complexity index is 865. The Morgan fingerprint density at radius 1 is 1.00 bits per heavy atom.